The zero-order valence-electron chi connectivity index (χ0n) is 15.2. The monoisotopic (exact) mass is 458 g/mol. The summed E-state index contributed by atoms with van der Waals surface area (Å²) in [6.07, 6.45) is 5.19. The number of halogens is 1. The molecule has 1 aliphatic carbocycles. The van der Waals surface area contributed by atoms with Crippen molar-refractivity contribution in [1.29, 1.82) is 0 Å². The molecular formula is C19H31IN4O. The fraction of sp³-hybridized carbons (Fsp3) is 0.632. The average molecular weight is 458 g/mol. The van der Waals surface area contributed by atoms with Gasteiger partial charge in [0.05, 0.1) is 19.8 Å². The lowest BCUT2D eigenvalue weighted by molar-refractivity contribution is 0.122. The van der Waals surface area contributed by atoms with Gasteiger partial charge in [0.25, 0.3) is 0 Å². The molecule has 25 heavy (non-hydrogen) atoms. The summed E-state index contributed by atoms with van der Waals surface area (Å²) in [4.78, 5) is 7.13. The van der Waals surface area contributed by atoms with Gasteiger partial charge in [-0.05, 0) is 37.5 Å². The number of aliphatic imine (C=N–C) groups is 1. The van der Waals surface area contributed by atoms with Crippen LogP contribution < -0.4 is 15.5 Å². The van der Waals surface area contributed by atoms with E-state index in [0.717, 1.165) is 38.8 Å². The Balaban J connectivity index is 0.00000225. The maximum atomic E-state index is 5.41. The second kappa shape index (κ2) is 10.9. The lowest BCUT2D eigenvalue weighted by atomic mass is 10.2. The highest BCUT2D eigenvalue weighted by Crippen LogP contribution is 2.18. The number of nitrogens with one attached hydrogen (secondary N) is 2. The lowest BCUT2D eigenvalue weighted by Gasteiger charge is -2.28. The lowest BCUT2D eigenvalue weighted by Crippen LogP contribution is -2.42. The van der Waals surface area contributed by atoms with Crippen molar-refractivity contribution in [2.45, 2.75) is 45.2 Å². The van der Waals surface area contributed by atoms with Crippen molar-refractivity contribution in [3.05, 3.63) is 29.8 Å². The van der Waals surface area contributed by atoms with E-state index < -0.39 is 0 Å². The molecule has 1 saturated heterocycles. The van der Waals surface area contributed by atoms with Gasteiger partial charge in [-0.25, -0.2) is 4.99 Å². The Morgan fingerprint density at radius 2 is 1.84 bits per heavy atom. The van der Waals surface area contributed by atoms with Crippen molar-refractivity contribution in [2.24, 2.45) is 4.99 Å². The zero-order chi connectivity index (χ0) is 16.6. The second-order valence-corrected chi connectivity index (χ2v) is 6.59. The summed E-state index contributed by atoms with van der Waals surface area (Å²) in [7, 11) is 0. The smallest absolute Gasteiger partial charge is 0.191 e. The summed E-state index contributed by atoms with van der Waals surface area (Å²) >= 11 is 0. The van der Waals surface area contributed by atoms with Gasteiger partial charge in [0.2, 0.25) is 0 Å². The summed E-state index contributed by atoms with van der Waals surface area (Å²) in [5.41, 5.74) is 2.53. The molecule has 5 nitrogen and oxygen atoms in total. The molecule has 1 aromatic carbocycles. The zero-order valence-corrected chi connectivity index (χ0v) is 17.5. The van der Waals surface area contributed by atoms with E-state index in [4.69, 9.17) is 9.73 Å². The summed E-state index contributed by atoms with van der Waals surface area (Å²) in [5.74, 6) is 0.946. The number of nitrogens with zero attached hydrogens (tertiary/aromatic N) is 2. The molecule has 0 bridgehead atoms. The summed E-state index contributed by atoms with van der Waals surface area (Å²) < 4.78 is 5.41. The van der Waals surface area contributed by atoms with Crippen molar-refractivity contribution < 1.29 is 4.74 Å². The summed E-state index contributed by atoms with van der Waals surface area (Å²) in [6, 6.07) is 9.37. The third-order valence-electron chi connectivity index (χ3n) is 4.77. The molecule has 0 atom stereocenters. The molecule has 0 spiro atoms. The highest BCUT2D eigenvalue weighted by atomic mass is 127. The highest BCUT2D eigenvalue weighted by molar-refractivity contribution is 14.0. The van der Waals surface area contributed by atoms with E-state index in [9.17, 15) is 0 Å². The van der Waals surface area contributed by atoms with Crippen molar-refractivity contribution >= 4 is 35.6 Å². The van der Waals surface area contributed by atoms with Crippen LogP contribution in [0.25, 0.3) is 0 Å². The SMILES string of the molecule is CCNC(=NCc1ccc(N2CCOCC2)cc1)NC1CCCC1.I. The van der Waals surface area contributed by atoms with Crippen LogP contribution in [0.3, 0.4) is 0 Å². The van der Waals surface area contributed by atoms with Gasteiger partial charge in [-0.1, -0.05) is 25.0 Å². The fourth-order valence-electron chi connectivity index (χ4n) is 3.39. The van der Waals surface area contributed by atoms with E-state index in [-0.39, 0.29) is 24.0 Å². The Kier molecular flexibility index (Phi) is 8.81. The van der Waals surface area contributed by atoms with Gasteiger partial charge < -0.3 is 20.3 Å². The van der Waals surface area contributed by atoms with Crippen LogP contribution in [0.2, 0.25) is 0 Å². The van der Waals surface area contributed by atoms with Crippen molar-refractivity contribution in [3.63, 3.8) is 0 Å². The molecule has 0 aromatic heterocycles. The van der Waals surface area contributed by atoms with Crippen molar-refractivity contribution in [2.75, 3.05) is 37.7 Å². The van der Waals surface area contributed by atoms with Crippen LogP contribution in [0, 0.1) is 0 Å². The minimum Gasteiger partial charge on any atom is -0.378 e. The number of anilines is 1. The maximum absolute atomic E-state index is 5.41. The number of benzene rings is 1. The third-order valence-corrected chi connectivity index (χ3v) is 4.77. The van der Waals surface area contributed by atoms with Crippen LogP contribution in [0.5, 0.6) is 0 Å². The van der Waals surface area contributed by atoms with E-state index >= 15 is 0 Å². The minimum atomic E-state index is 0. The molecular weight excluding hydrogens is 427 g/mol. The topological polar surface area (TPSA) is 48.9 Å². The second-order valence-electron chi connectivity index (χ2n) is 6.59. The van der Waals surface area contributed by atoms with Gasteiger partial charge in [-0.3, -0.25) is 0 Å². The molecule has 1 heterocycles. The number of guanidine groups is 1. The standard InChI is InChI=1S/C19H30N4O.HI/c1-2-20-19(22-17-5-3-4-6-17)21-15-16-7-9-18(10-8-16)23-11-13-24-14-12-23;/h7-10,17H,2-6,11-15H2,1H3,(H2,20,21,22);1H. The molecule has 1 aromatic rings. The highest BCUT2D eigenvalue weighted by Gasteiger charge is 2.15. The Hall–Kier alpha value is -1.02. The van der Waals surface area contributed by atoms with Gasteiger partial charge in [-0.2, -0.15) is 0 Å². The quantitative estimate of drug-likeness (QED) is 0.405. The summed E-state index contributed by atoms with van der Waals surface area (Å²) in [6.45, 7) is 7.33. The molecule has 0 unspecified atom stereocenters. The van der Waals surface area contributed by atoms with Gasteiger partial charge in [0.15, 0.2) is 5.96 Å². The molecule has 2 N–H and O–H groups in total. The number of rotatable bonds is 5. The Morgan fingerprint density at radius 1 is 1.16 bits per heavy atom. The van der Waals surface area contributed by atoms with Crippen LogP contribution in [0.4, 0.5) is 5.69 Å². The van der Waals surface area contributed by atoms with Crippen molar-refractivity contribution in [1.82, 2.24) is 10.6 Å². The maximum Gasteiger partial charge on any atom is 0.191 e. The molecule has 3 rings (SSSR count). The van der Waals surface area contributed by atoms with Crippen molar-refractivity contribution in [3.8, 4) is 0 Å². The third kappa shape index (κ3) is 6.33. The normalized spacial score (nSPS) is 18.8. The largest absolute Gasteiger partial charge is 0.378 e. The fourth-order valence-corrected chi connectivity index (χ4v) is 3.39. The molecule has 0 amide bonds. The predicted octanol–water partition coefficient (Wildman–Crippen LogP) is 3.14. The van der Waals surface area contributed by atoms with E-state index in [0.29, 0.717) is 12.6 Å². The molecule has 0 radical (unpaired) electrons. The van der Waals surface area contributed by atoms with Crippen LogP contribution >= 0.6 is 24.0 Å². The Labute approximate surface area is 168 Å². The molecule has 6 heteroatoms. The molecule has 1 saturated carbocycles. The predicted molar refractivity (Wildman–Crippen MR) is 115 cm³/mol. The number of ether oxygens (including phenoxy) is 1. The van der Waals surface area contributed by atoms with Gasteiger partial charge in [-0.15, -0.1) is 24.0 Å². The number of hydrogen-bond donors (Lipinski definition) is 2. The van der Waals surface area contributed by atoms with E-state index in [1.807, 2.05) is 0 Å². The van der Waals surface area contributed by atoms with E-state index in [2.05, 4.69) is 46.7 Å². The van der Waals surface area contributed by atoms with E-state index in [1.54, 1.807) is 0 Å². The number of morpholine rings is 1. The first-order valence-electron chi connectivity index (χ1n) is 9.31. The Morgan fingerprint density at radius 3 is 2.48 bits per heavy atom. The molecule has 1 aliphatic heterocycles. The Bertz CT molecular complexity index is 523. The van der Waals surface area contributed by atoms with Gasteiger partial charge in [0.1, 0.15) is 0 Å². The average Bonchev–Trinajstić information content (AvgIpc) is 3.14. The van der Waals surface area contributed by atoms with Crippen LogP contribution in [-0.2, 0) is 11.3 Å². The van der Waals surface area contributed by atoms with Crippen LogP contribution in [0.15, 0.2) is 29.3 Å². The first kappa shape index (κ1) is 20.3. The van der Waals surface area contributed by atoms with Crippen LogP contribution in [0.1, 0.15) is 38.2 Å². The van der Waals surface area contributed by atoms with E-state index in [1.165, 1.54) is 36.9 Å². The van der Waals surface area contributed by atoms with Crippen LogP contribution in [-0.4, -0.2) is 44.8 Å². The first-order chi connectivity index (χ1) is 11.8. The molecule has 140 valence electrons. The number of hydrogen-bond acceptors (Lipinski definition) is 3. The first-order valence-corrected chi connectivity index (χ1v) is 9.31. The summed E-state index contributed by atoms with van der Waals surface area (Å²) in [5, 5.41) is 6.93. The molecule has 2 fully saturated rings. The molecule has 2 aliphatic rings. The van der Waals surface area contributed by atoms with Gasteiger partial charge in [0, 0.05) is 31.4 Å². The van der Waals surface area contributed by atoms with Gasteiger partial charge >= 0.3 is 0 Å². The minimum absolute atomic E-state index is 0.